The van der Waals surface area contributed by atoms with Gasteiger partial charge < -0.3 is 10.1 Å². The van der Waals surface area contributed by atoms with Crippen LogP contribution in [0.1, 0.15) is 37.1 Å². The summed E-state index contributed by atoms with van der Waals surface area (Å²) in [5, 5.41) is 16.1. The molecule has 26 heavy (non-hydrogen) atoms. The Morgan fingerprint density at radius 2 is 2.04 bits per heavy atom. The molecule has 0 spiro atoms. The van der Waals surface area contributed by atoms with Crippen LogP contribution in [0.2, 0.25) is 5.02 Å². The lowest BCUT2D eigenvalue weighted by Crippen LogP contribution is -2.42. The van der Waals surface area contributed by atoms with E-state index in [-0.39, 0.29) is 6.04 Å². The number of hydrogen-bond acceptors (Lipinski definition) is 2. The van der Waals surface area contributed by atoms with E-state index in [2.05, 4.69) is 32.9 Å². The molecular formula is C20H21BrClN3O. The average Bonchev–Trinajstić information content (AvgIpc) is 3.16. The van der Waals surface area contributed by atoms with Crippen LogP contribution in [0, 0.1) is 6.92 Å². The van der Waals surface area contributed by atoms with Gasteiger partial charge in [-0.05, 0) is 38.3 Å². The third kappa shape index (κ3) is 2.92. The zero-order valence-electron chi connectivity index (χ0n) is 14.8. The fraction of sp³-hybridized carbons (Fsp3) is 0.350. The molecule has 0 aliphatic heterocycles. The highest BCUT2D eigenvalue weighted by Gasteiger charge is 2.40. The van der Waals surface area contributed by atoms with Gasteiger partial charge in [0, 0.05) is 38.9 Å². The summed E-state index contributed by atoms with van der Waals surface area (Å²) in [5.41, 5.74) is 5.98. The molecule has 2 heterocycles. The second-order valence-electron chi connectivity index (χ2n) is 7.32. The van der Waals surface area contributed by atoms with Gasteiger partial charge in [0.25, 0.3) is 0 Å². The number of aliphatic hydroxyl groups is 1. The topological polar surface area (TPSA) is 53.8 Å². The predicted octanol–water partition coefficient (Wildman–Crippen LogP) is 5.49. The SMILES string of the molecule is Cc1c(-c2[nH]cc(-c3ccccc3Cl)c2CBr)cnn1C1CC(C)(O)C1. The van der Waals surface area contributed by atoms with E-state index in [1.807, 2.05) is 48.3 Å². The number of rotatable bonds is 4. The minimum absolute atomic E-state index is 0.268. The van der Waals surface area contributed by atoms with E-state index in [0.717, 1.165) is 51.3 Å². The van der Waals surface area contributed by atoms with E-state index in [0.29, 0.717) is 0 Å². The van der Waals surface area contributed by atoms with Gasteiger partial charge in [-0.15, -0.1) is 0 Å². The number of aromatic nitrogens is 3. The highest BCUT2D eigenvalue weighted by molar-refractivity contribution is 9.08. The molecule has 0 saturated heterocycles. The summed E-state index contributed by atoms with van der Waals surface area (Å²) in [5.74, 6) is 0. The van der Waals surface area contributed by atoms with E-state index in [4.69, 9.17) is 11.6 Å². The molecule has 0 atom stereocenters. The van der Waals surface area contributed by atoms with Crippen LogP contribution in [-0.4, -0.2) is 25.5 Å². The lowest BCUT2D eigenvalue weighted by molar-refractivity contribution is -0.0548. The van der Waals surface area contributed by atoms with Gasteiger partial charge in [0.1, 0.15) is 0 Å². The van der Waals surface area contributed by atoms with Crippen LogP contribution in [0.5, 0.6) is 0 Å². The van der Waals surface area contributed by atoms with Crippen LogP contribution in [0.4, 0.5) is 0 Å². The number of hydrogen-bond donors (Lipinski definition) is 2. The molecule has 0 bridgehead atoms. The Labute approximate surface area is 166 Å². The molecule has 1 aliphatic carbocycles. The van der Waals surface area contributed by atoms with Crippen molar-refractivity contribution in [2.75, 3.05) is 0 Å². The van der Waals surface area contributed by atoms with Gasteiger partial charge in [-0.2, -0.15) is 5.10 Å². The van der Waals surface area contributed by atoms with Crippen molar-refractivity contribution in [3.8, 4) is 22.4 Å². The van der Waals surface area contributed by atoms with Crippen molar-refractivity contribution in [1.82, 2.24) is 14.8 Å². The molecule has 4 rings (SSSR count). The number of aromatic amines is 1. The van der Waals surface area contributed by atoms with E-state index >= 15 is 0 Å². The van der Waals surface area contributed by atoms with E-state index < -0.39 is 5.60 Å². The number of nitrogens with one attached hydrogen (secondary N) is 1. The van der Waals surface area contributed by atoms with Crippen molar-refractivity contribution < 1.29 is 5.11 Å². The largest absolute Gasteiger partial charge is 0.390 e. The van der Waals surface area contributed by atoms with Crippen molar-refractivity contribution in [2.45, 2.75) is 43.7 Å². The normalized spacial score (nSPS) is 22.4. The summed E-state index contributed by atoms with van der Waals surface area (Å²) in [6.07, 6.45) is 5.42. The highest BCUT2D eigenvalue weighted by atomic mass is 79.9. The van der Waals surface area contributed by atoms with E-state index in [9.17, 15) is 5.11 Å². The van der Waals surface area contributed by atoms with Gasteiger partial charge in [0.05, 0.1) is 23.5 Å². The quantitative estimate of drug-likeness (QED) is 0.534. The molecule has 1 aliphatic rings. The maximum Gasteiger partial charge on any atom is 0.0660 e. The monoisotopic (exact) mass is 433 g/mol. The number of benzene rings is 1. The number of nitrogens with zero attached hydrogens (tertiary/aromatic N) is 2. The molecule has 4 nitrogen and oxygen atoms in total. The lowest BCUT2D eigenvalue weighted by Gasteiger charge is -2.41. The van der Waals surface area contributed by atoms with Crippen LogP contribution in [0.25, 0.3) is 22.4 Å². The van der Waals surface area contributed by atoms with Crippen LogP contribution in [0.3, 0.4) is 0 Å². The van der Waals surface area contributed by atoms with Gasteiger partial charge in [0.2, 0.25) is 0 Å². The van der Waals surface area contributed by atoms with Crippen molar-refractivity contribution in [2.24, 2.45) is 0 Å². The Balaban J connectivity index is 1.74. The van der Waals surface area contributed by atoms with Gasteiger partial charge in [-0.25, -0.2) is 0 Å². The standard InChI is InChI=1S/C20H21BrClN3O/c1-12-16(11-24-25(12)13-7-20(2,26)8-13)19-15(9-21)17(10-23-19)14-5-3-4-6-18(14)22/h3-6,10-11,13,23,26H,7-9H2,1-2H3. The fourth-order valence-corrected chi connectivity index (χ4v) is 4.74. The maximum absolute atomic E-state index is 10.0. The maximum atomic E-state index is 10.0. The summed E-state index contributed by atoms with van der Waals surface area (Å²) in [4.78, 5) is 3.42. The summed E-state index contributed by atoms with van der Waals surface area (Å²) >= 11 is 10.0. The number of halogens is 2. The third-order valence-corrected chi connectivity index (χ3v) is 6.19. The van der Waals surface area contributed by atoms with Crippen molar-refractivity contribution in [1.29, 1.82) is 0 Å². The van der Waals surface area contributed by atoms with Crippen molar-refractivity contribution in [3.05, 3.63) is 52.9 Å². The van der Waals surface area contributed by atoms with Gasteiger partial charge >= 0.3 is 0 Å². The molecule has 1 saturated carbocycles. The van der Waals surface area contributed by atoms with Gasteiger partial charge in [0.15, 0.2) is 0 Å². The van der Waals surface area contributed by atoms with Gasteiger partial charge in [-0.3, -0.25) is 4.68 Å². The summed E-state index contributed by atoms with van der Waals surface area (Å²) in [7, 11) is 0. The second-order valence-corrected chi connectivity index (χ2v) is 8.28. The second kappa shape index (κ2) is 6.55. The third-order valence-electron chi connectivity index (χ3n) is 5.30. The van der Waals surface area contributed by atoms with Crippen molar-refractivity contribution >= 4 is 27.5 Å². The molecule has 2 aromatic heterocycles. The first-order chi connectivity index (χ1) is 12.4. The Morgan fingerprint density at radius 1 is 1.31 bits per heavy atom. The van der Waals surface area contributed by atoms with Crippen LogP contribution in [-0.2, 0) is 5.33 Å². The van der Waals surface area contributed by atoms with Crippen LogP contribution in [0.15, 0.2) is 36.7 Å². The number of alkyl halides is 1. The molecule has 0 amide bonds. The first kappa shape index (κ1) is 17.8. The summed E-state index contributed by atoms with van der Waals surface area (Å²) in [6, 6.07) is 8.15. The summed E-state index contributed by atoms with van der Waals surface area (Å²) < 4.78 is 2.04. The van der Waals surface area contributed by atoms with E-state index in [1.165, 1.54) is 5.56 Å². The lowest BCUT2D eigenvalue weighted by atomic mass is 9.77. The minimum Gasteiger partial charge on any atom is -0.390 e. The van der Waals surface area contributed by atoms with Crippen LogP contribution < -0.4 is 0 Å². The van der Waals surface area contributed by atoms with Gasteiger partial charge in [-0.1, -0.05) is 45.7 Å². The zero-order chi connectivity index (χ0) is 18.5. The fourth-order valence-electron chi connectivity index (χ4n) is 3.92. The molecular weight excluding hydrogens is 414 g/mol. The average molecular weight is 435 g/mol. The van der Waals surface area contributed by atoms with Crippen LogP contribution >= 0.6 is 27.5 Å². The first-order valence-electron chi connectivity index (χ1n) is 8.69. The molecule has 136 valence electrons. The van der Waals surface area contributed by atoms with E-state index in [1.54, 1.807) is 0 Å². The zero-order valence-corrected chi connectivity index (χ0v) is 17.1. The Hall–Kier alpha value is -1.56. The Bertz CT molecular complexity index is 952. The predicted molar refractivity (Wildman–Crippen MR) is 109 cm³/mol. The summed E-state index contributed by atoms with van der Waals surface area (Å²) in [6.45, 7) is 3.97. The highest BCUT2D eigenvalue weighted by Crippen LogP contribution is 2.43. The molecule has 1 fully saturated rings. The Morgan fingerprint density at radius 3 is 2.69 bits per heavy atom. The number of H-pyrrole nitrogens is 1. The molecule has 6 heteroatoms. The smallest absolute Gasteiger partial charge is 0.0660 e. The molecule has 0 unspecified atom stereocenters. The molecule has 1 aromatic carbocycles. The Kier molecular flexibility index (Phi) is 4.49. The molecule has 0 radical (unpaired) electrons. The first-order valence-corrected chi connectivity index (χ1v) is 10.2. The molecule has 2 N–H and O–H groups in total. The molecule has 3 aromatic rings. The minimum atomic E-state index is -0.562. The van der Waals surface area contributed by atoms with Crippen molar-refractivity contribution in [3.63, 3.8) is 0 Å².